The zero-order valence-electron chi connectivity index (χ0n) is 12.3. The fraction of sp³-hybridized carbons (Fsp3) is 0.625. The number of nitrogens with zero attached hydrogens (tertiary/aromatic N) is 1. The Morgan fingerprint density at radius 2 is 1.90 bits per heavy atom. The molecule has 3 unspecified atom stereocenters. The number of halogens is 1. The van der Waals surface area contributed by atoms with Gasteiger partial charge in [-0.15, -0.1) is 11.6 Å². The van der Waals surface area contributed by atoms with Gasteiger partial charge in [-0.2, -0.15) is 0 Å². The summed E-state index contributed by atoms with van der Waals surface area (Å²) in [6.07, 6.45) is 5.14. The van der Waals surface area contributed by atoms with Crippen LogP contribution in [0, 0.1) is 17.8 Å². The molecule has 1 aromatic carbocycles. The first kappa shape index (κ1) is 15.3. The summed E-state index contributed by atoms with van der Waals surface area (Å²) in [4.78, 5) is 0.363. The van der Waals surface area contributed by atoms with Crippen LogP contribution in [0.25, 0.3) is 0 Å². The Balaban J connectivity index is 1.71. The van der Waals surface area contributed by atoms with Gasteiger partial charge in [0.25, 0.3) is 0 Å². The number of benzene rings is 1. The molecule has 116 valence electrons. The summed E-state index contributed by atoms with van der Waals surface area (Å²) < 4.78 is 26.8. The Bertz CT molecular complexity index is 599. The molecule has 5 heteroatoms. The molecule has 2 aliphatic carbocycles. The van der Waals surface area contributed by atoms with Crippen LogP contribution < -0.4 is 0 Å². The van der Waals surface area contributed by atoms with Gasteiger partial charge >= 0.3 is 0 Å². The monoisotopic (exact) mass is 327 g/mol. The largest absolute Gasteiger partial charge is 0.242 e. The summed E-state index contributed by atoms with van der Waals surface area (Å²) in [6, 6.07) is 6.88. The van der Waals surface area contributed by atoms with E-state index in [9.17, 15) is 8.42 Å². The average Bonchev–Trinajstić information content (AvgIpc) is 3.09. The lowest BCUT2D eigenvalue weighted by Crippen LogP contribution is -2.33. The number of hydrogen-bond acceptors (Lipinski definition) is 2. The van der Waals surface area contributed by atoms with E-state index in [0.29, 0.717) is 23.2 Å². The second-order valence-corrected chi connectivity index (χ2v) is 8.81. The molecular formula is C16H22ClNO2S. The maximum atomic E-state index is 12.6. The van der Waals surface area contributed by atoms with Gasteiger partial charge in [0, 0.05) is 19.5 Å². The standard InChI is InChI=1S/C16H22ClNO2S/c1-18(11-15-9-13-2-5-14(15)8-13)21(19,20)16-6-3-12(10-17)4-7-16/h3-4,6-7,13-15H,2,5,8-11H2,1H3. The quantitative estimate of drug-likeness (QED) is 0.776. The van der Waals surface area contributed by atoms with Crippen LogP contribution in [0.3, 0.4) is 0 Å². The second-order valence-electron chi connectivity index (χ2n) is 6.50. The molecule has 3 atom stereocenters. The molecule has 0 amide bonds. The molecule has 0 aromatic heterocycles. The minimum Gasteiger partial charge on any atom is -0.207 e. The highest BCUT2D eigenvalue weighted by molar-refractivity contribution is 7.89. The summed E-state index contributed by atoms with van der Waals surface area (Å²) in [6.45, 7) is 0.654. The molecule has 21 heavy (non-hydrogen) atoms. The summed E-state index contributed by atoms with van der Waals surface area (Å²) >= 11 is 5.75. The average molecular weight is 328 g/mol. The molecule has 0 saturated heterocycles. The second kappa shape index (κ2) is 5.90. The van der Waals surface area contributed by atoms with Crippen LogP contribution in [0.1, 0.15) is 31.2 Å². The van der Waals surface area contributed by atoms with Crippen molar-refractivity contribution >= 4 is 21.6 Å². The third-order valence-electron chi connectivity index (χ3n) is 5.16. The molecule has 0 spiro atoms. The molecule has 0 aliphatic heterocycles. The van der Waals surface area contributed by atoms with Gasteiger partial charge in [-0.25, -0.2) is 12.7 Å². The fourth-order valence-electron chi connectivity index (χ4n) is 3.96. The molecule has 3 rings (SSSR count). The van der Waals surface area contributed by atoms with E-state index >= 15 is 0 Å². The van der Waals surface area contributed by atoms with Gasteiger partial charge in [-0.1, -0.05) is 18.6 Å². The van der Waals surface area contributed by atoms with Gasteiger partial charge in [0.15, 0.2) is 0 Å². The number of rotatable bonds is 5. The molecule has 1 aromatic rings. The van der Waals surface area contributed by atoms with Crippen LogP contribution in [0.15, 0.2) is 29.2 Å². The van der Waals surface area contributed by atoms with Gasteiger partial charge in [0.1, 0.15) is 0 Å². The van der Waals surface area contributed by atoms with E-state index < -0.39 is 10.0 Å². The number of hydrogen-bond donors (Lipinski definition) is 0. The third kappa shape index (κ3) is 2.99. The predicted molar refractivity (Wildman–Crippen MR) is 84.8 cm³/mol. The van der Waals surface area contributed by atoms with Crippen molar-refractivity contribution < 1.29 is 8.42 Å². The van der Waals surface area contributed by atoms with Crippen LogP contribution in [-0.4, -0.2) is 26.3 Å². The minimum absolute atomic E-state index is 0.363. The Morgan fingerprint density at radius 3 is 2.43 bits per heavy atom. The lowest BCUT2D eigenvalue weighted by atomic mass is 9.89. The Morgan fingerprint density at radius 1 is 1.19 bits per heavy atom. The zero-order valence-corrected chi connectivity index (χ0v) is 13.9. The minimum atomic E-state index is -3.38. The van der Waals surface area contributed by atoms with Crippen LogP contribution >= 0.6 is 11.6 Å². The van der Waals surface area contributed by atoms with Crippen molar-refractivity contribution in [3.63, 3.8) is 0 Å². The number of alkyl halides is 1. The molecule has 2 saturated carbocycles. The Labute approximate surface area is 132 Å². The molecule has 2 fully saturated rings. The number of fused-ring (bicyclic) bond motifs is 2. The zero-order chi connectivity index (χ0) is 15.0. The van der Waals surface area contributed by atoms with Crippen LogP contribution in [0.2, 0.25) is 0 Å². The Kier molecular flexibility index (Phi) is 4.30. The highest BCUT2D eigenvalue weighted by Gasteiger charge is 2.40. The SMILES string of the molecule is CN(CC1CC2CCC1C2)S(=O)(=O)c1ccc(CCl)cc1. The highest BCUT2D eigenvalue weighted by Crippen LogP contribution is 2.48. The topological polar surface area (TPSA) is 37.4 Å². The van der Waals surface area contributed by atoms with E-state index in [1.807, 2.05) is 0 Å². The first-order chi connectivity index (χ1) is 10.0. The fourth-order valence-corrected chi connectivity index (χ4v) is 5.36. The smallest absolute Gasteiger partial charge is 0.207 e. The first-order valence-electron chi connectivity index (χ1n) is 7.62. The summed E-state index contributed by atoms with van der Waals surface area (Å²) in [5.41, 5.74) is 0.936. The molecule has 3 nitrogen and oxygen atoms in total. The molecule has 0 radical (unpaired) electrons. The van der Waals surface area contributed by atoms with Crippen molar-refractivity contribution in [2.75, 3.05) is 13.6 Å². The van der Waals surface area contributed by atoms with Crippen molar-refractivity contribution in [1.29, 1.82) is 0 Å². The van der Waals surface area contributed by atoms with Crippen molar-refractivity contribution in [2.24, 2.45) is 17.8 Å². The molecule has 0 heterocycles. The van der Waals surface area contributed by atoms with E-state index in [-0.39, 0.29) is 0 Å². The predicted octanol–water partition coefficient (Wildman–Crippen LogP) is 3.48. The van der Waals surface area contributed by atoms with Crippen molar-refractivity contribution in [1.82, 2.24) is 4.31 Å². The molecule has 0 N–H and O–H groups in total. The normalized spacial score (nSPS) is 28.4. The van der Waals surface area contributed by atoms with Crippen molar-refractivity contribution in [3.8, 4) is 0 Å². The van der Waals surface area contributed by atoms with Gasteiger partial charge in [0.05, 0.1) is 4.90 Å². The summed E-state index contributed by atoms with van der Waals surface area (Å²) in [5.74, 6) is 2.54. The van der Waals surface area contributed by atoms with Gasteiger partial charge in [-0.3, -0.25) is 0 Å². The van der Waals surface area contributed by atoms with Crippen molar-refractivity contribution in [3.05, 3.63) is 29.8 Å². The van der Waals surface area contributed by atoms with Gasteiger partial charge < -0.3 is 0 Å². The molecular weight excluding hydrogens is 306 g/mol. The van der Waals surface area contributed by atoms with E-state index in [1.54, 1.807) is 31.3 Å². The van der Waals surface area contributed by atoms with E-state index in [4.69, 9.17) is 11.6 Å². The highest BCUT2D eigenvalue weighted by atomic mass is 35.5. The lowest BCUT2D eigenvalue weighted by molar-refractivity contribution is 0.280. The Hall–Kier alpha value is -0.580. The van der Waals surface area contributed by atoms with E-state index in [0.717, 1.165) is 17.4 Å². The maximum Gasteiger partial charge on any atom is 0.242 e. The van der Waals surface area contributed by atoms with Gasteiger partial charge in [-0.05, 0) is 54.7 Å². The van der Waals surface area contributed by atoms with Crippen molar-refractivity contribution in [2.45, 2.75) is 36.5 Å². The summed E-state index contributed by atoms with van der Waals surface area (Å²) in [5, 5.41) is 0. The van der Waals surface area contributed by atoms with Crippen LogP contribution in [0.5, 0.6) is 0 Å². The van der Waals surface area contributed by atoms with E-state index in [1.165, 1.54) is 30.0 Å². The van der Waals surface area contributed by atoms with Crippen LogP contribution in [0.4, 0.5) is 0 Å². The van der Waals surface area contributed by atoms with Gasteiger partial charge in [0.2, 0.25) is 10.0 Å². The summed E-state index contributed by atoms with van der Waals surface area (Å²) in [7, 11) is -1.67. The van der Waals surface area contributed by atoms with Crippen LogP contribution in [-0.2, 0) is 15.9 Å². The molecule has 2 aliphatic rings. The maximum absolute atomic E-state index is 12.6. The first-order valence-corrected chi connectivity index (χ1v) is 9.59. The lowest BCUT2D eigenvalue weighted by Gasteiger charge is -2.26. The van der Waals surface area contributed by atoms with E-state index in [2.05, 4.69) is 0 Å². The number of sulfonamides is 1. The molecule has 2 bridgehead atoms. The third-order valence-corrected chi connectivity index (χ3v) is 7.31.